The van der Waals surface area contributed by atoms with Crippen molar-refractivity contribution < 1.29 is 21.9 Å². The molecule has 140 valence electrons. The van der Waals surface area contributed by atoms with Crippen molar-refractivity contribution in [3.05, 3.63) is 59.7 Å². The van der Waals surface area contributed by atoms with Gasteiger partial charge in [0.25, 0.3) is 0 Å². The molecule has 0 aromatic heterocycles. The fraction of sp³-hybridized carbons (Fsp3) is 0.333. The number of halogens is 2. The smallest absolute Gasteiger partial charge is 0.243 e. The van der Waals surface area contributed by atoms with Gasteiger partial charge in [-0.1, -0.05) is 12.1 Å². The summed E-state index contributed by atoms with van der Waals surface area (Å²) in [5, 5.41) is 0. The van der Waals surface area contributed by atoms with E-state index in [9.17, 15) is 17.2 Å². The van der Waals surface area contributed by atoms with Crippen LogP contribution in [0, 0.1) is 11.6 Å². The van der Waals surface area contributed by atoms with Crippen LogP contribution >= 0.6 is 0 Å². The zero-order valence-corrected chi connectivity index (χ0v) is 15.3. The van der Waals surface area contributed by atoms with Gasteiger partial charge >= 0.3 is 0 Å². The quantitative estimate of drug-likeness (QED) is 0.816. The summed E-state index contributed by atoms with van der Waals surface area (Å²) in [4.78, 5) is 1.83. The maximum absolute atomic E-state index is 13.5. The molecule has 0 aliphatic carbocycles. The van der Waals surface area contributed by atoms with Crippen LogP contribution < -0.4 is 4.74 Å². The average Bonchev–Trinajstić information content (AvgIpc) is 2.64. The van der Waals surface area contributed by atoms with Gasteiger partial charge in [-0.3, -0.25) is 4.90 Å². The van der Waals surface area contributed by atoms with Gasteiger partial charge in [-0.2, -0.15) is 4.31 Å². The summed E-state index contributed by atoms with van der Waals surface area (Å²) in [7, 11) is -0.395. The monoisotopic (exact) mass is 382 g/mol. The van der Waals surface area contributed by atoms with E-state index < -0.39 is 21.7 Å². The van der Waals surface area contributed by atoms with E-state index in [0.717, 1.165) is 29.5 Å². The number of nitrogens with zero attached hydrogens (tertiary/aromatic N) is 2. The number of methoxy groups -OCH3 is 1. The molecule has 1 heterocycles. The molecule has 0 amide bonds. The van der Waals surface area contributed by atoms with Crippen molar-refractivity contribution in [2.75, 3.05) is 33.8 Å². The SMILES string of the molecule is COc1ccc([C@@H]2CN(S(=O)(=O)c3ccc(F)c(F)c3)CCN2C)cc1. The Balaban J connectivity index is 1.87. The Morgan fingerprint density at radius 3 is 2.35 bits per heavy atom. The van der Waals surface area contributed by atoms with Crippen LogP contribution in [0.3, 0.4) is 0 Å². The van der Waals surface area contributed by atoms with Crippen molar-refractivity contribution in [1.82, 2.24) is 9.21 Å². The van der Waals surface area contributed by atoms with Crippen molar-refractivity contribution in [2.24, 2.45) is 0 Å². The average molecular weight is 382 g/mol. The molecule has 3 rings (SSSR count). The van der Waals surface area contributed by atoms with Crippen molar-refractivity contribution in [3.8, 4) is 5.75 Å². The second kappa shape index (κ2) is 7.30. The van der Waals surface area contributed by atoms with E-state index in [4.69, 9.17) is 4.74 Å². The fourth-order valence-electron chi connectivity index (χ4n) is 3.04. The number of benzene rings is 2. The van der Waals surface area contributed by atoms with Crippen molar-refractivity contribution in [1.29, 1.82) is 0 Å². The fourth-order valence-corrected chi connectivity index (χ4v) is 4.49. The molecule has 0 N–H and O–H groups in total. The van der Waals surface area contributed by atoms with E-state index in [2.05, 4.69) is 4.90 Å². The topological polar surface area (TPSA) is 49.9 Å². The molecule has 5 nitrogen and oxygen atoms in total. The third kappa shape index (κ3) is 3.58. The van der Waals surface area contributed by atoms with Crippen LogP contribution in [0.25, 0.3) is 0 Å². The van der Waals surface area contributed by atoms with Crippen molar-refractivity contribution in [2.45, 2.75) is 10.9 Å². The first-order valence-corrected chi connectivity index (χ1v) is 9.56. The molecule has 1 aliphatic heterocycles. The van der Waals surface area contributed by atoms with Gasteiger partial charge in [0.1, 0.15) is 5.75 Å². The maximum atomic E-state index is 13.5. The summed E-state index contributed by atoms with van der Waals surface area (Å²) < 4.78 is 58.7. The van der Waals surface area contributed by atoms with Crippen molar-refractivity contribution in [3.63, 3.8) is 0 Å². The number of ether oxygens (including phenoxy) is 1. The Labute approximate surface area is 151 Å². The molecule has 1 saturated heterocycles. The van der Waals surface area contributed by atoms with E-state index in [-0.39, 0.29) is 24.0 Å². The Morgan fingerprint density at radius 1 is 1.04 bits per heavy atom. The summed E-state index contributed by atoms with van der Waals surface area (Å²) in [6.07, 6.45) is 0. The second-order valence-corrected chi connectivity index (χ2v) is 8.15. The molecule has 8 heteroatoms. The minimum absolute atomic E-state index is 0.144. The van der Waals surface area contributed by atoms with Gasteiger partial charge in [0.2, 0.25) is 10.0 Å². The van der Waals surface area contributed by atoms with Crippen LogP contribution in [-0.4, -0.2) is 51.4 Å². The molecule has 0 spiro atoms. The lowest BCUT2D eigenvalue weighted by molar-refractivity contribution is 0.148. The van der Waals surface area contributed by atoms with E-state index in [1.54, 1.807) is 7.11 Å². The number of rotatable bonds is 4. The minimum Gasteiger partial charge on any atom is -0.497 e. The lowest BCUT2D eigenvalue weighted by atomic mass is 10.0. The molecule has 26 heavy (non-hydrogen) atoms. The zero-order chi connectivity index (χ0) is 18.9. The summed E-state index contributed by atoms with van der Waals surface area (Å²) in [6, 6.07) is 9.95. The molecular formula is C18H20F2N2O3S. The standard InChI is InChI=1S/C18H20F2N2O3S/c1-21-9-10-22(12-18(21)13-3-5-14(25-2)6-4-13)26(23,24)15-7-8-16(19)17(20)11-15/h3-8,11,18H,9-10,12H2,1-2H3/t18-/m0/s1. The largest absolute Gasteiger partial charge is 0.497 e. The summed E-state index contributed by atoms with van der Waals surface area (Å²) >= 11 is 0. The predicted molar refractivity (Wildman–Crippen MR) is 93.5 cm³/mol. The molecule has 2 aromatic carbocycles. The first-order chi connectivity index (χ1) is 12.3. The highest BCUT2D eigenvalue weighted by molar-refractivity contribution is 7.89. The summed E-state index contributed by atoms with van der Waals surface area (Å²) in [6.45, 7) is 1.04. The minimum atomic E-state index is -3.90. The van der Waals surface area contributed by atoms with Crippen LogP contribution in [0.15, 0.2) is 47.4 Å². The molecule has 0 bridgehead atoms. The normalized spacial score (nSPS) is 19.5. The van der Waals surface area contributed by atoms with Gasteiger partial charge in [0.15, 0.2) is 11.6 Å². The molecule has 2 aromatic rings. The molecular weight excluding hydrogens is 362 g/mol. The molecule has 0 radical (unpaired) electrons. The van der Waals surface area contributed by atoms with Gasteiger partial charge in [-0.05, 0) is 42.9 Å². The molecule has 1 fully saturated rings. The number of sulfonamides is 1. The third-order valence-corrected chi connectivity index (χ3v) is 6.50. The second-order valence-electron chi connectivity index (χ2n) is 6.21. The highest BCUT2D eigenvalue weighted by Gasteiger charge is 2.33. The van der Waals surface area contributed by atoms with E-state index >= 15 is 0 Å². The highest BCUT2D eigenvalue weighted by atomic mass is 32.2. The third-order valence-electron chi connectivity index (χ3n) is 4.64. The Hall–Kier alpha value is -2.03. The van der Waals surface area contributed by atoms with Crippen LogP contribution in [0.2, 0.25) is 0 Å². The number of hydrogen-bond donors (Lipinski definition) is 0. The first kappa shape index (κ1) is 18.8. The Bertz CT molecular complexity index is 888. The lowest BCUT2D eigenvalue weighted by Crippen LogP contribution is -2.48. The first-order valence-electron chi connectivity index (χ1n) is 8.12. The van der Waals surface area contributed by atoms with Gasteiger partial charge < -0.3 is 4.74 Å². The lowest BCUT2D eigenvalue weighted by Gasteiger charge is -2.39. The Morgan fingerprint density at radius 2 is 1.73 bits per heavy atom. The van der Waals surface area contributed by atoms with Crippen LogP contribution in [-0.2, 0) is 10.0 Å². The van der Waals surface area contributed by atoms with Gasteiger partial charge in [0, 0.05) is 25.7 Å². The van der Waals surface area contributed by atoms with Gasteiger partial charge in [-0.15, -0.1) is 0 Å². The number of hydrogen-bond acceptors (Lipinski definition) is 4. The summed E-state index contributed by atoms with van der Waals surface area (Å²) in [5.74, 6) is -1.52. The molecule has 1 atom stereocenters. The summed E-state index contributed by atoms with van der Waals surface area (Å²) in [5.41, 5.74) is 0.957. The molecule has 0 saturated carbocycles. The van der Waals surface area contributed by atoms with E-state index in [1.807, 2.05) is 31.3 Å². The molecule has 1 aliphatic rings. The van der Waals surface area contributed by atoms with Crippen LogP contribution in [0.1, 0.15) is 11.6 Å². The maximum Gasteiger partial charge on any atom is 0.243 e. The Kier molecular flexibility index (Phi) is 5.27. The zero-order valence-electron chi connectivity index (χ0n) is 14.5. The van der Waals surface area contributed by atoms with E-state index in [1.165, 1.54) is 4.31 Å². The number of piperazine rings is 1. The highest BCUT2D eigenvalue weighted by Crippen LogP contribution is 2.29. The van der Waals surface area contributed by atoms with Gasteiger partial charge in [0.05, 0.1) is 12.0 Å². The van der Waals surface area contributed by atoms with Crippen LogP contribution in [0.5, 0.6) is 5.75 Å². The van der Waals surface area contributed by atoms with Crippen molar-refractivity contribution >= 4 is 10.0 Å². The molecule has 0 unspecified atom stereocenters. The van der Waals surface area contributed by atoms with E-state index in [0.29, 0.717) is 6.54 Å². The van der Waals surface area contributed by atoms with Gasteiger partial charge in [-0.25, -0.2) is 17.2 Å². The predicted octanol–water partition coefficient (Wildman–Crippen LogP) is 2.65. The van der Waals surface area contributed by atoms with Crippen LogP contribution in [0.4, 0.5) is 8.78 Å². The number of likely N-dealkylation sites (N-methyl/N-ethyl adjacent to an activating group) is 1.